The van der Waals surface area contributed by atoms with Gasteiger partial charge in [0.2, 0.25) is 11.9 Å². The number of aromatic nitrogens is 4. The zero-order valence-corrected chi connectivity index (χ0v) is 21.2. The lowest BCUT2D eigenvalue weighted by atomic mass is 9.73. The van der Waals surface area contributed by atoms with Gasteiger partial charge in [-0.25, -0.2) is 9.97 Å². The molecule has 0 saturated carbocycles. The number of anilines is 2. The second-order valence-electron chi connectivity index (χ2n) is 9.73. The second-order valence-corrected chi connectivity index (χ2v) is 10.8. The van der Waals surface area contributed by atoms with Crippen molar-refractivity contribution in [2.75, 3.05) is 29.9 Å². The molecule has 3 N–H and O–H groups in total. The van der Waals surface area contributed by atoms with Crippen molar-refractivity contribution in [1.82, 2.24) is 19.4 Å². The van der Waals surface area contributed by atoms with Crippen molar-refractivity contribution in [3.8, 4) is 0 Å². The third-order valence-corrected chi connectivity index (χ3v) is 8.61. The van der Waals surface area contributed by atoms with Crippen molar-refractivity contribution in [1.29, 1.82) is 0 Å². The van der Waals surface area contributed by atoms with Crippen LogP contribution in [0.1, 0.15) is 26.7 Å². The van der Waals surface area contributed by atoms with Gasteiger partial charge in [0.05, 0.1) is 28.8 Å². The molecule has 0 unspecified atom stereocenters. The third-order valence-electron chi connectivity index (χ3n) is 7.52. The highest BCUT2D eigenvalue weighted by atomic mass is 32.2. The summed E-state index contributed by atoms with van der Waals surface area (Å²) in [5, 5.41) is 3.84. The SMILES string of the molecule is CC(=O)Nc1cccc2c(Sc3cnc(N4CCC5(CC4)CO[C@@H](C)[C@H]5N)n4ccnc34)ccnc12. The van der Waals surface area contributed by atoms with Crippen LogP contribution in [-0.2, 0) is 9.53 Å². The fourth-order valence-electron chi connectivity index (χ4n) is 5.46. The van der Waals surface area contributed by atoms with Gasteiger partial charge < -0.3 is 20.7 Å². The molecule has 2 aliphatic rings. The highest BCUT2D eigenvalue weighted by Gasteiger charge is 2.47. The molecule has 2 fully saturated rings. The van der Waals surface area contributed by atoms with Crippen molar-refractivity contribution in [2.24, 2.45) is 11.1 Å². The van der Waals surface area contributed by atoms with Crippen LogP contribution in [0.3, 0.4) is 0 Å². The second kappa shape index (κ2) is 9.02. The molecule has 6 rings (SSSR count). The van der Waals surface area contributed by atoms with Crippen molar-refractivity contribution in [2.45, 2.75) is 48.6 Å². The summed E-state index contributed by atoms with van der Waals surface area (Å²) in [7, 11) is 0. The Kier molecular flexibility index (Phi) is 5.82. The number of nitrogens with one attached hydrogen (secondary N) is 1. The maximum atomic E-state index is 11.6. The van der Waals surface area contributed by atoms with Gasteiger partial charge >= 0.3 is 0 Å². The predicted octanol–water partition coefficient (Wildman–Crippen LogP) is 3.72. The number of pyridine rings is 1. The highest BCUT2D eigenvalue weighted by molar-refractivity contribution is 7.99. The summed E-state index contributed by atoms with van der Waals surface area (Å²) in [6.45, 7) is 6.09. The summed E-state index contributed by atoms with van der Waals surface area (Å²) in [6.07, 6.45) is 9.56. The minimum atomic E-state index is -0.123. The van der Waals surface area contributed by atoms with E-state index in [-0.39, 0.29) is 23.5 Å². The van der Waals surface area contributed by atoms with Crippen LogP contribution in [0.5, 0.6) is 0 Å². The molecule has 2 aliphatic heterocycles. The zero-order chi connectivity index (χ0) is 24.9. The van der Waals surface area contributed by atoms with Gasteiger partial charge in [-0.15, -0.1) is 0 Å². The first kappa shape index (κ1) is 23.2. The summed E-state index contributed by atoms with van der Waals surface area (Å²) in [5.41, 5.74) is 8.90. The Balaban J connectivity index is 1.29. The molecule has 1 amide bonds. The van der Waals surface area contributed by atoms with Gasteiger partial charge in [0.25, 0.3) is 0 Å². The average Bonchev–Trinajstić information content (AvgIpc) is 3.47. The van der Waals surface area contributed by atoms with E-state index >= 15 is 0 Å². The number of carbonyl (C=O) groups excluding carboxylic acids is 1. The number of carbonyl (C=O) groups is 1. The van der Waals surface area contributed by atoms with E-state index in [1.54, 1.807) is 18.0 Å². The molecule has 0 radical (unpaired) electrons. The van der Waals surface area contributed by atoms with E-state index in [1.165, 1.54) is 6.92 Å². The van der Waals surface area contributed by atoms with Crippen LogP contribution in [-0.4, -0.2) is 57.1 Å². The first-order valence-corrected chi connectivity index (χ1v) is 13.0. The maximum absolute atomic E-state index is 11.6. The topological polar surface area (TPSA) is 111 Å². The van der Waals surface area contributed by atoms with Gasteiger partial charge in [0.1, 0.15) is 0 Å². The lowest BCUT2D eigenvalue weighted by Crippen LogP contribution is -2.51. The van der Waals surface area contributed by atoms with E-state index in [2.05, 4.69) is 31.5 Å². The number of ether oxygens (including phenoxy) is 1. The van der Waals surface area contributed by atoms with Crippen LogP contribution in [0, 0.1) is 5.41 Å². The fourth-order valence-corrected chi connectivity index (χ4v) is 6.45. The number of hydrogen-bond acceptors (Lipinski definition) is 8. The minimum Gasteiger partial charge on any atom is -0.376 e. The quantitative estimate of drug-likeness (QED) is 0.434. The molecule has 1 spiro atoms. The van der Waals surface area contributed by atoms with Crippen LogP contribution in [0.25, 0.3) is 16.6 Å². The van der Waals surface area contributed by atoms with Gasteiger partial charge in [0.15, 0.2) is 5.65 Å². The van der Waals surface area contributed by atoms with E-state index in [1.807, 2.05) is 42.9 Å². The Morgan fingerprint density at radius 2 is 2.00 bits per heavy atom. The molecule has 2 saturated heterocycles. The van der Waals surface area contributed by atoms with Crippen molar-refractivity contribution < 1.29 is 9.53 Å². The smallest absolute Gasteiger partial charge is 0.221 e. The molecule has 0 aliphatic carbocycles. The Labute approximate surface area is 213 Å². The first-order valence-electron chi connectivity index (χ1n) is 12.2. The summed E-state index contributed by atoms with van der Waals surface area (Å²) in [6, 6.07) is 7.87. The van der Waals surface area contributed by atoms with E-state index < -0.39 is 0 Å². The summed E-state index contributed by atoms with van der Waals surface area (Å²) in [5.74, 6) is 0.775. The summed E-state index contributed by atoms with van der Waals surface area (Å²) < 4.78 is 7.95. The standard InChI is InChI=1S/C26H29N7O2S/c1-16-23(27)26(15-35-16)7-11-32(12-8-26)25-30-14-21(24-29-10-13-33(24)25)36-20-6-9-28-22-18(20)4-3-5-19(22)31-17(2)34/h3-6,9-10,13-14,16,23H,7-8,11-12,15,27H2,1-2H3,(H,31,34)/t16-,23+/m0/s1. The lowest BCUT2D eigenvalue weighted by molar-refractivity contribution is -0.114. The number of nitrogens with zero attached hydrogens (tertiary/aromatic N) is 5. The molecular weight excluding hydrogens is 474 g/mol. The fraction of sp³-hybridized carbons (Fsp3) is 0.385. The van der Waals surface area contributed by atoms with Crippen LogP contribution in [0.2, 0.25) is 0 Å². The molecule has 5 heterocycles. The monoisotopic (exact) mass is 503 g/mol. The highest BCUT2D eigenvalue weighted by Crippen LogP contribution is 2.42. The summed E-state index contributed by atoms with van der Waals surface area (Å²) in [4.78, 5) is 30.0. The molecule has 2 atom stereocenters. The first-order chi connectivity index (χ1) is 17.4. The number of imidazole rings is 1. The van der Waals surface area contributed by atoms with Gasteiger partial charge in [0, 0.05) is 66.5 Å². The molecule has 10 heteroatoms. The number of hydrogen-bond donors (Lipinski definition) is 2. The molecule has 36 heavy (non-hydrogen) atoms. The van der Waals surface area contributed by atoms with Crippen molar-refractivity contribution >= 4 is 45.9 Å². The van der Waals surface area contributed by atoms with Crippen molar-refractivity contribution in [3.63, 3.8) is 0 Å². The number of benzene rings is 1. The van der Waals surface area contributed by atoms with Gasteiger partial charge in [-0.1, -0.05) is 23.9 Å². The maximum Gasteiger partial charge on any atom is 0.221 e. The van der Waals surface area contributed by atoms with Crippen LogP contribution in [0.4, 0.5) is 11.6 Å². The van der Waals surface area contributed by atoms with Gasteiger partial charge in [-0.3, -0.25) is 14.2 Å². The number of amides is 1. The number of piperidine rings is 1. The lowest BCUT2D eigenvalue weighted by Gasteiger charge is -2.41. The predicted molar refractivity (Wildman–Crippen MR) is 140 cm³/mol. The molecule has 9 nitrogen and oxygen atoms in total. The van der Waals surface area contributed by atoms with Gasteiger partial charge in [-0.2, -0.15) is 0 Å². The van der Waals surface area contributed by atoms with E-state index in [4.69, 9.17) is 15.5 Å². The number of para-hydroxylation sites is 1. The molecule has 3 aromatic heterocycles. The number of fused-ring (bicyclic) bond motifs is 2. The van der Waals surface area contributed by atoms with Crippen LogP contribution >= 0.6 is 11.8 Å². The Morgan fingerprint density at radius 1 is 1.17 bits per heavy atom. The minimum absolute atomic E-state index is 0.0677. The van der Waals surface area contributed by atoms with Gasteiger partial charge in [-0.05, 0) is 31.9 Å². The zero-order valence-electron chi connectivity index (χ0n) is 20.3. The van der Waals surface area contributed by atoms with E-state index in [9.17, 15) is 4.79 Å². The number of nitrogens with two attached hydrogens (primary N) is 1. The Bertz CT molecular complexity index is 1450. The number of rotatable bonds is 4. The molecule has 4 aromatic rings. The Hall–Kier alpha value is -3.21. The van der Waals surface area contributed by atoms with E-state index in [0.717, 1.165) is 64.8 Å². The molecular formula is C26H29N7O2S. The molecule has 0 bridgehead atoms. The largest absolute Gasteiger partial charge is 0.376 e. The Morgan fingerprint density at radius 3 is 2.75 bits per heavy atom. The molecule has 1 aromatic carbocycles. The van der Waals surface area contributed by atoms with Crippen LogP contribution < -0.4 is 16.0 Å². The average molecular weight is 504 g/mol. The van der Waals surface area contributed by atoms with Crippen molar-refractivity contribution in [3.05, 3.63) is 49.1 Å². The van der Waals surface area contributed by atoms with Crippen LogP contribution in [0.15, 0.2) is 58.8 Å². The van der Waals surface area contributed by atoms with E-state index in [0.29, 0.717) is 5.69 Å². The normalized spacial score (nSPS) is 21.5. The molecule has 186 valence electrons. The summed E-state index contributed by atoms with van der Waals surface area (Å²) >= 11 is 1.60. The third kappa shape index (κ3) is 3.89.